The van der Waals surface area contributed by atoms with Crippen molar-refractivity contribution >= 4 is 82.4 Å². The van der Waals surface area contributed by atoms with E-state index in [9.17, 15) is 0 Å². The largest absolute Gasteiger partial charge is 0.455 e. The van der Waals surface area contributed by atoms with Crippen LogP contribution in [0.5, 0.6) is 0 Å². The van der Waals surface area contributed by atoms with E-state index in [4.69, 9.17) is 4.42 Å². The van der Waals surface area contributed by atoms with E-state index in [0.717, 1.165) is 83.5 Å². The van der Waals surface area contributed by atoms with Crippen LogP contribution in [0.15, 0.2) is 271 Å². The van der Waals surface area contributed by atoms with E-state index < -0.39 is 0 Å². The summed E-state index contributed by atoms with van der Waals surface area (Å²) < 4.78 is 9.00. The fraction of sp³-hybridized carbons (Fsp3) is 0. The van der Waals surface area contributed by atoms with Crippen molar-refractivity contribution in [3.05, 3.63) is 267 Å². The molecule has 0 aliphatic rings. The summed E-state index contributed by atoms with van der Waals surface area (Å²) in [6.07, 6.45) is 0. The molecule has 0 radical (unpaired) electrons. The Morgan fingerprint density at radius 1 is 0.296 bits per heavy atom. The lowest BCUT2D eigenvalue weighted by atomic mass is 9.95. The number of nitrogens with zero attached hydrogens (tertiary/aromatic N) is 2. The highest BCUT2D eigenvalue weighted by Gasteiger charge is 2.20. The fourth-order valence-corrected chi connectivity index (χ4v) is 10.9. The maximum absolute atomic E-state index is 6.61. The molecule has 14 aromatic rings. The average molecular weight is 905 g/mol. The van der Waals surface area contributed by atoms with E-state index in [1.54, 1.807) is 0 Å². The van der Waals surface area contributed by atoms with Gasteiger partial charge < -0.3 is 13.9 Å². The molecule has 332 valence electrons. The first-order valence-corrected chi connectivity index (χ1v) is 24.3. The Morgan fingerprint density at radius 3 is 1.55 bits per heavy atom. The Morgan fingerprint density at radius 2 is 0.817 bits per heavy atom. The molecule has 0 N–H and O–H groups in total. The zero-order valence-corrected chi connectivity index (χ0v) is 38.7. The van der Waals surface area contributed by atoms with Crippen molar-refractivity contribution in [2.75, 3.05) is 4.90 Å². The average Bonchev–Trinajstić information content (AvgIpc) is 4.00. The van der Waals surface area contributed by atoms with Crippen molar-refractivity contribution in [3.63, 3.8) is 0 Å². The molecule has 2 aromatic heterocycles. The van der Waals surface area contributed by atoms with Crippen LogP contribution < -0.4 is 4.90 Å². The minimum atomic E-state index is 0.888. The van der Waals surface area contributed by atoms with Gasteiger partial charge in [-0.05, 0) is 140 Å². The molecule has 0 spiro atoms. The smallest absolute Gasteiger partial charge is 0.143 e. The highest BCUT2D eigenvalue weighted by molar-refractivity contribution is 6.15. The molecule has 2 heterocycles. The van der Waals surface area contributed by atoms with Crippen LogP contribution in [0.1, 0.15) is 0 Å². The van der Waals surface area contributed by atoms with Gasteiger partial charge in [0.1, 0.15) is 11.2 Å². The second-order valence-corrected chi connectivity index (χ2v) is 18.5. The van der Waals surface area contributed by atoms with Gasteiger partial charge in [-0.25, -0.2) is 0 Å². The first kappa shape index (κ1) is 40.6. The lowest BCUT2D eigenvalue weighted by Gasteiger charge is -2.29. The molecule has 0 bridgehead atoms. The third kappa shape index (κ3) is 6.97. The second-order valence-electron chi connectivity index (χ2n) is 18.5. The van der Waals surface area contributed by atoms with E-state index >= 15 is 0 Å². The van der Waals surface area contributed by atoms with Gasteiger partial charge in [0.15, 0.2) is 0 Å². The zero-order chi connectivity index (χ0) is 46.8. The van der Waals surface area contributed by atoms with Gasteiger partial charge in [0, 0.05) is 49.6 Å². The topological polar surface area (TPSA) is 21.3 Å². The standard InChI is InChI=1S/C68H44N2O/c1-2-14-48(15-3-1)63-43-53(52-26-25-45-13-4-5-17-50(45)41-52)33-40-66(63)69(56-36-29-47(30-37-56)54-32-38-61-62-39-31-49-16-6-7-20-58(49)68(62)71-67(61)44-54)55-34-27-46(28-35-55)51-18-12-19-57(42-51)70-64-23-10-8-21-59(64)60-22-9-11-24-65(60)70/h1-44H. The van der Waals surface area contributed by atoms with Gasteiger partial charge in [-0.3, -0.25) is 0 Å². The summed E-state index contributed by atoms with van der Waals surface area (Å²) in [6.45, 7) is 0. The molecule has 0 aliphatic heterocycles. The summed E-state index contributed by atoms with van der Waals surface area (Å²) in [7, 11) is 0. The molecule has 0 amide bonds. The molecule has 71 heavy (non-hydrogen) atoms. The minimum Gasteiger partial charge on any atom is -0.455 e. The lowest BCUT2D eigenvalue weighted by molar-refractivity contribution is 0.673. The molecule has 14 rings (SSSR count). The summed E-state index contributed by atoms with van der Waals surface area (Å²) in [5.41, 5.74) is 17.8. The van der Waals surface area contributed by atoms with E-state index in [2.05, 4.69) is 276 Å². The van der Waals surface area contributed by atoms with Crippen LogP contribution in [0.3, 0.4) is 0 Å². The summed E-state index contributed by atoms with van der Waals surface area (Å²) in [5.74, 6) is 0. The molecule has 3 nitrogen and oxygen atoms in total. The van der Waals surface area contributed by atoms with Crippen molar-refractivity contribution in [1.82, 2.24) is 4.57 Å². The quantitative estimate of drug-likeness (QED) is 0.151. The second kappa shape index (κ2) is 16.7. The molecule has 3 heteroatoms. The Kier molecular flexibility index (Phi) is 9.53. The molecule has 0 atom stereocenters. The molecule has 0 unspecified atom stereocenters. The molecule has 0 fully saturated rings. The number of hydrogen-bond donors (Lipinski definition) is 0. The van der Waals surface area contributed by atoms with Crippen LogP contribution in [-0.4, -0.2) is 4.57 Å². The van der Waals surface area contributed by atoms with Gasteiger partial charge in [-0.2, -0.15) is 0 Å². The van der Waals surface area contributed by atoms with Crippen molar-refractivity contribution in [2.45, 2.75) is 0 Å². The van der Waals surface area contributed by atoms with Crippen molar-refractivity contribution in [2.24, 2.45) is 0 Å². The van der Waals surface area contributed by atoms with Crippen molar-refractivity contribution in [1.29, 1.82) is 0 Å². The number of hydrogen-bond acceptors (Lipinski definition) is 2. The van der Waals surface area contributed by atoms with Gasteiger partial charge >= 0.3 is 0 Å². The highest BCUT2D eigenvalue weighted by Crippen LogP contribution is 2.45. The van der Waals surface area contributed by atoms with E-state index in [1.807, 2.05) is 0 Å². The van der Waals surface area contributed by atoms with Crippen molar-refractivity contribution < 1.29 is 4.42 Å². The minimum absolute atomic E-state index is 0.888. The predicted octanol–water partition coefficient (Wildman–Crippen LogP) is 19.1. The molecule has 0 saturated heterocycles. The molecule has 12 aromatic carbocycles. The van der Waals surface area contributed by atoms with Crippen LogP contribution in [0, 0.1) is 0 Å². The van der Waals surface area contributed by atoms with Crippen LogP contribution in [0.2, 0.25) is 0 Å². The fourth-order valence-electron chi connectivity index (χ4n) is 10.9. The van der Waals surface area contributed by atoms with Crippen LogP contribution in [-0.2, 0) is 0 Å². The number of rotatable bonds is 8. The number of furan rings is 1. The van der Waals surface area contributed by atoms with Gasteiger partial charge in [0.05, 0.1) is 16.7 Å². The molecule has 0 aliphatic carbocycles. The van der Waals surface area contributed by atoms with E-state index in [1.165, 1.54) is 49.1 Å². The number of fused-ring (bicyclic) bond motifs is 9. The monoisotopic (exact) mass is 904 g/mol. The maximum Gasteiger partial charge on any atom is 0.143 e. The summed E-state index contributed by atoms with van der Waals surface area (Å²) in [5, 5.41) is 9.55. The summed E-state index contributed by atoms with van der Waals surface area (Å²) in [4.78, 5) is 2.40. The van der Waals surface area contributed by atoms with Crippen LogP contribution in [0.25, 0.3) is 115 Å². The van der Waals surface area contributed by atoms with Crippen LogP contribution >= 0.6 is 0 Å². The molecular formula is C68H44N2O. The van der Waals surface area contributed by atoms with E-state index in [0.29, 0.717) is 0 Å². The third-order valence-corrected chi connectivity index (χ3v) is 14.4. The SMILES string of the molecule is c1ccc(-c2cc(-c3ccc4ccccc4c3)ccc2N(c2ccc(-c3cccc(-n4c5ccccc5c5ccccc54)c3)cc2)c2ccc(-c3ccc4c(c3)oc3c5ccccc5ccc43)cc2)cc1. The Bertz CT molecular complexity index is 4280. The number of aromatic nitrogens is 1. The zero-order valence-electron chi connectivity index (χ0n) is 38.7. The Labute approximate surface area is 411 Å². The maximum atomic E-state index is 6.61. The first-order chi connectivity index (χ1) is 35.2. The summed E-state index contributed by atoms with van der Waals surface area (Å²) in [6, 6.07) is 96.8. The highest BCUT2D eigenvalue weighted by atomic mass is 16.3. The molecular weight excluding hydrogens is 861 g/mol. The van der Waals surface area contributed by atoms with Gasteiger partial charge in [0.2, 0.25) is 0 Å². The number of para-hydroxylation sites is 2. The van der Waals surface area contributed by atoms with E-state index in [-0.39, 0.29) is 0 Å². The third-order valence-electron chi connectivity index (χ3n) is 14.4. The lowest BCUT2D eigenvalue weighted by Crippen LogP contribution is -2.11. The van der Waals surface area contributed by atoms with Crippen LogP contribution in [0.4, 0.5) is 17.1 Å². The Balaban J connectivity index is 0.885. The Hall–Kier alpha value is -9.44. The van der Waals surface area contributed by atoms with Gasteiger partial charge in [-0.1, -0.05) is 182 Å². The van der Waals surface area contributed by atoms with Crippen molar-refractivity contribution in [3.8, 4) is 50.2 Å². The predicted molar refractivity (Wildman–Crippen MR) is 299 cm³/mol. The summed E-state index contributed by atoms with van der Waals surface area (Å²) >= 11 is 0. The normalized spacial score (nSPS) is 11.7. The van der Waals surface area contributed by atoms with Gasteiger partial charge in [0.25, 0.3) is 0 Å². The first-order valence-electron chi connectivity index (χ1n) is 24.3. The van der Waals surface area contributed by atoms with Gasteiger partial charge in [-0.15, -0.1) is 0 Å². The number of benzene rings is 12. The number of anilines is 3. The molecule has 0 saturated carbocycles.